The molecule has 0 aliphatic heterocycles. The maximum atomic E-state index is 14.4. The molecule has 22 heteroatoms. The Morgan fingerprint density at radius 3 is 1.52 bits per heavy atom. The zero-order chi connectivity index (χ0) is 56.8. The number of phenolic OH excluding ortho intramolecular Hbond substituents is 2. The molecule has 0 saturated carbocycles. The number of rotatable bonds is 23. The van der Waals surface area contributed by atoms with E-state index in [9.17, 15) is 47.0 Å². The van der Waals surface area contributed by atoms with Crippen molar-refractivity contribution < 1.29 is 71.9 Å². The highest BCUT2D eigenvalue weighted by atomic mass is 35.5. The highest BCUT2D eigenvalue weighted by Gasteiger charge is 2.21. The molecule has 0 atom stereocenters. The molecule has 0 aliphatic carbocycles. The molecule has 0 fully saturated rings. The zero-order valence-corrected chi connectivity index (χ0v) is 44.0. The number of aliphatic hydroxyl groups is 1. The van der Waals surface area contributed by atoms with Crippen molar-refractivity contribution in [3.8, 4) is 23.0 Å². The topological polar surface area (TPSA) is 222 Å². The van der Waals surface area contributed by atoms with Crippen molar-refractivity contribution in [3.05, 3.63) is 187 Å². The second-order valence-electron chi connectivity index (χ2n) is 17.4. The van der Waals surface area contributed by atoms with E-state index >= 15 is 0 Å². The summed E-state index contributed by atoms with van der Waals surface area (Å²) in [6.45, 7) is 3.89. The number of aliphatic hydroxyl groups excluding tert-OH is 1. The Labute approximate surface area is 452 Å². The first kappa shape index (κ1) is 62.4. The van der Waals surface area contributed by atoms with Gasteiger partial charge in [0, 0.05) is 85.1 Å². The third-order valence-corrected chi connectivity index (χ3v) is 12.3. The average molecular weight is 1110 g/mol. The van der Waals surface area contributed by atoms with E-state index in [2.05, 4.69) is 4.90 Å². The first-order chi connectivity index (χ1) is 36.7. The maximum absolute atomic E-state index is 14.4. The van der Waals surface area contributed by atoms with Crippen LogP contribution in [0.25, 0.3) is 0 Å². The summed E-state index contributed by atoms with van der Waals surface area (Å²) in [4.78, 5) is 51.2. The Morgan fingerprint density at radius 2 is 1.03 bits per heavy atom. The van der Waals surface area contributed by atoms with E-state index in [1.807, 2.05) is 42.5 Å². The summed E-state index contributed by atoms with van der Waals surface area (Å²) in [6, 6.07) is 30.2. The number of carbonyl (C=O) groups is 4. The average Bonchev–Trinajstić information content (AvgIpc) is 3.43. The Balaban J connectivity index is 0.000000249. The lowest BCUT2D eigenvalue weighted by Crippen LogP contribution is -2.35. The van der Waals surface area contributed by atoms with E-state index in [4.69, 9.17) is 48.2 Å². The number of halogens is 6. The fraction of sp³-hybridized carbons (Fsp3) is 0.273. The van der Waals surface area contributed by atoms with E-state index in [1.165, 1.54) is 65.1 Å². The molecule has 0 bridgehead atoms. The van der Waals surface area contributed by atoms with Gasteiger partial charge in [-0.15, -0.1) is 0 Å². The molecule has 0 heterocycles. The van der Waals surface area contributed by atoms with Gasteiger partial charge in [-0.3, -0.25) is 44.3 Å². The number of methoxy groups -OCH3 is 2. The molecule has 0 radical (unpaired) electrons. The van der Waals surface area contributed by atoms with Crippen molar-refractivity contribution in [2.75, 3.05) is 40.5 Å². The Kier molecular flexibility index (Phi) is 25.3. The number of hydroxylamine groups is 2. The zero-order valence-electron chi connectivity index (χ0n) is 42.5. The molecule has 0 spiro atoms. The second kappa shape index (κ2) is 31.2. The first-order valence-electron chi connectivity index (χ1n) is 23.5. The molecule has 77 heavy (non-hydrogen) atoms. The molecule has 412 valence electrons. The third-order valence-electron chi connectivity index (χ3n) is 11.6. The quantitative estimate of drug-likeness (QED) is 0.0138. The highest BCUT2D eigenvalue weighted by molar-refractivity contribution is 6.32. The number of phenols is 2. The Morgan fingerprint density at radius 1 is 0.571 bits per heavy atom. The Bertz CT molecular complexity index is 2880. The van der Waals surface area contributed by atoms with E-state index in [0.717, 1.165) is 28.5 Å². The maximum Gasteiger partial charge on any atom is 0.257 e. The minimum atomic E-state index is -1.08. The predicted octanol–water partition coefficient (Wildman–Crippen LogP) is 8.83. The summed E-state index contributed by atoms with van der Waals surface area (Å²) in [5.41, 5.74) is 7.20. The van der Waals surface area contributed by atoms with Crippen LogP contribution in [0, 0.1) is 30.2 Å². The van der Waals surface area contributed by atoms with Crippen molar-refractivity contribution in [3.63, 3.8) is 0 Å². The number of benzene rings is 6. The number of aromatic hydroxyl groups is 2. The van der Waals surface area contributed by atoms with Gasteiger partial charge in [-0.25, -0.2) is 28.5 Å². The monoisotopic (exact) mass is 1110 g/mol. The van der Waals surface area contributed by atoms with Gasteiger partial charge in [0.05, 0.1) is 32.3 Å². The summed E-state index contributed by atoms with van der Waals surface area (Å²) >= 11 is 11.5. The molecule has 0 aliphatic rings. The van der Waals surface area contributed by atoms with Gasteiger partial charge in [0.1, 0.15) is 23.9 Å². The standard InChI is InChI=1S/C21H25NO4.C17H16Cl2F2N2O3.C17H18F2N2O4/c1-16(24)19-5-3-4-18(12-19)14-22(11-10-20(25)15-23)13-17-6-8-21(26-2)9-7-17;1-9-12(18)4-2-10(15(9)20)6-23(8-14(24)22-26)7-11-3-5-13(19)17(25)16(11)21;1-25-13-5-2-11(3-6-13)8-21(10-15(22)20-24)9-12-4-7-14(18)17(23)16(12)19/h3-9,12,23H,10-11,13-15H2,1-2H3;2-5,25-26H,6-8H2,1H3,(H,22,24);2-7,23-24H,8-10H2,1H3,(H,20,22). The molecule has 6 aromatic carbocycles. The smallest absolute Gasteiger partial charge is 0.257 e. The van der Waals surface area contributed by atoms with Crippen LogP contribution in [0.5, 0.6) is 23.0 Å². The molecule has 16 nitrogen and oxygen atoms in total. The van der Waals surface area contributed by atoms with Crippen LogP contribution in [-0.4, -0.2) is 104 Å². The number of hydrogen-bond donors (Lipinski definition) is 7. The van der Waals surface area contributed by atoms with Crippen molar-refractivity contribution in [1.29, 1.82) is 0 Å². The van der Waals surface area contributed by atoms with Crippen LogP contribution < -0.4 is 20.4 Å². The summed E-state index contributed by atoms with van der Waals surface area (Å²) in [5.74, 6) is -5.49. The molecule has 0 aromatic heterocycles. The van der Waals surface area contributed by atoms with Crippen molar-refractivity contribution in [2.24, 2.45) is 0 Å². The number of carbonyl (C=O) groups excluding carboxylic acids is 4. The molecule has 0 saturated heterocycles. The van der Waals surface area contributed by atoms with Gasteiger partial charge < -0.3 is 24.8 Å². The van der Waals surface area contributed by atoms with Crippen LogP contribution in [0.4, 0.5) is 17.6 Å². The summed E-state index contributed by atoms with van der Waals surface area (Å²) in [6.07, 6.45) is 0.291. The van der Waals surface area contributed by atoms with Crippen LogP contribution in [0.15, 0.2) is 109 Å². The van der Waals surface area contributed by atoms with E-state index < -0.39 is 53.2 Å². The molecule has 0 unspecified atom stereocenters. The Hall–Kier alpha value is -7.14. The fourth-order valence-electron chi connectivity index (χ4n) is 7.49. The van der Waals surface area contributed by atoms with Crippen LogP contribution in [0.1, 0.15) is 62.6 Å². The fourth-order valence-corrected chi connectivity index (χ4v) is 7.78. The SMILES string of the molecule is COc1ccc(CN(CC(=O)NO)Cc2ccc(F)c(O)c2F)cc1.COc1ccc(CN(CCC(=O)CO)Cc2cccc(C(C)=O)c2)cc1.Cc1c(Cl)ccc(CN(CC(=O)NO)Cc2ccc(Cl)c(O)c2F)c1F. The summed E-state index contributed by atoms with van der Waals surface area (Å²) in [5, 5.41) is 45.5. The van der Waals surface area contributed by atoms with Gasteiger partial charge in [-0.1, -0.05) is 83.9 Å². The van der Waals surface area contributed by atoms with Crippen molar-refractivity contribution in [2.45, 2.75) is 59.5 Å². The minimum Gasteiger partial charge on any atom is -0.504 e. The third kappa shape index (κ3) is 19.7. The van der Waals surface area contributed by atoms with Crippen molar-refractivity contribution in [1.82, 2.24) is 25.7 Å². The van der Waals surface area contributed by atoms with Crippen molar-refractivity contribution >= 4 is 46.6 Å². The predicted molar refractivity (Wildman–Crippen MR) is 279 cm³/mol. The number of amides is 2. The molecule has 6 rings (SSSR count). The van der Waals surface area contributed by atoms with Gasteiger partial charge in [0.15, 0.2) is 40.5 Å². The number of hydrogen-bond acceptors (Lipinski definition) is 14. The van der Waals surface area contributed by atoms with Crippen LogP contribution >= 0.6 is 23.2 Å². The molecular formula is C55H59Cl2F4N5O11. The first-order valence-corrected chi connectivity index (χ1v) is 24.2. The van der Waals surface area contributed by atoms with Gasteiger partial charge in [-0.2, -0.15) is 0 Å². The number of ketones is 2. The van der Waals surface area contributed by atoms with Gasteiger partial charge in [0.2, 0.25) is 0 Å². The molecule has 2 amide bonds. The van der Waals surface area contributed by atoms with Gasteiger partial charge in [-0.05, 0) is 79.1 Å². The van der Waals surface area contributed by atoms with E-state index in [1.54, 1.807) is 44.4 Å². The normalized spacial score (nSPS) is 10.9. The molecule has 6 aromatic rings. The van der Waals surface area contributed by atoms with E-state index in [0.29, 0.717) is 37.4 Å². The van der Waals surface area contributed by atoms with Gasteiger partial charge >= 0.3 is 0 Å². The number of nitrogens with zero attached hydrogens (tertiary/aromatic N) is 3. The van der Waals surface area contributed by atoms with Gasteiger partial charge in [0.25, 0.3) is 11.8 Å². The number of ether oxygens (including phenoxy) is 2. The van der Waals surface area contributed by atoms with Crippen LogP contribution in [-0.2, 0) is 53.7 Å². The lowest BCUT2D eigenvalue weighted by molar-refractivity contribution is -0.131. The van der Waals surface area contributed by atoms with Crippen LogP contribution in [0.2, 0.25) is 10.0 Å². The van der Waals surface area contributed by atoms with Crippen LogP contribution in [0.3, 0.4) is 0 Å². The molecular weight excluding hydrogens is 1050 g/mol. The second-order valence-corrected chi connectivity index (χ2v) is 18.2. The van der Waals surface area contributed by atoms with E-state index in [-0.39, 0.29) is 83.1 Å². The summed E-state index contributed by atoms with van der Waals surface area (Å²) < 4.78 is 66.0. The number of nitrogens with one attached hydrogen (secondary N) is 2. The summed E-state index contributed by atoms with van der Waals surface area (Å²) in [7, 11) is 3.17. The highest BCUT2D eigenvalue weighted by Crippen LogP contribution is 2.30. The number of Topliss-reactive ketones (excluding diaryl/α,β-unsaturated/α-hetero) is 2. The largest absolute Gasteiger partial charge is 0.504 e. The lowest BCUT2D eigenvalue weighted by Gasteiger charge is -2.22. The minimum absolute atomic E-state index is 0.0261. The lowest BCUT2D eigenvalue weighted by atomic mass is 10.1. The molecule has 7 N–H and O–H groups in total.